The van der Waals surface area contributed by atoms with E-state index in [1.165, 1.54) is 32.9 Å². The van der Waals surface area contributed by atoms with Gasteiger partial charge in [0.15, 0.2) is 0 Å². The molecule has 11 rings (SSSR count). The molecule has 0 N–H and O–H groups in total. The highest BCUT2D eigenvalue weighted by atomic mass is 16.5. The summed E-state index contributed by atoms with van der Waals surface area (Å²) in [6.45, 7) is 11.1. The maximum Gasteiger partial charge on any atom is 0.145 e. The van der Waals surface area contributed by atoms with Gasteiger partial charge < -0.3 is 9.30 Å². The minimum absolute atomic E-state index is 0.141. The molecule has 6 heteroatoms. The van der Waals surface area contributed by atoms with Gasteiger partial charge in [-0.25, -0.2) is 9.97 Å². The molecule has 0 spiro atoms. The Balaban J connectivity index is 1.07. The van der Waals surface area contributed by atoms with Gasteiger partial charge in [0.25, 0.3) is 0 Å². The van der Waals surface area contributed by atoms with Crippen LogP contribution < -0.4 is 4.74 Å². The molecular weight excluding hydrogens is 735 g/mol. The highest BCUT2D eigenvalue weighted by Gasteiger charge is 2.22. The number of imidazole rings is 1. The first-order chi connectivity index (χ1) is 29.2. The fourth-order valence-corrected chi connectivity index (χ4v) is 9.06. The van der Waals surface area contributed by atoms with E-state index in [-0.39, 0.29) is 5.41 Å². The van der Waals surface area contributed by atoms with Crippen LogP contribution >= 0.6 is 0 Å². The van der Waals surface area contributed by atoms with Gasteiger partial charge in [-0.05, 0) is 103 Å². The predicted molar refractivity (Wildman–Crippen MR) is 248 cm³/mol. The molecule has 0 saturated carbocycles. The Hall–Kier alpha value is -7.44. The van der Waals surface area contributed by atoms with E-state index < -0.39 is 0 Å². The maximum atomic E-state index is 6.92. The summed E-state index contributed by atoms with van der Waals surface area (Å²) >= 11 is 0. The first-order valence-corrected chi connectivity index (χ1v) is 20.6. The van der Waals surface area contributed by atoms with E-state index >= 15 is 0 Å². The lowest BCUT2D eigenvalue weighted by atomic mass is 9.86. The number of hydrogen-bond donors (Lipinski definition) is 0. The summed E-state index contributed by atoms with van der Waals surface area (Å²) in [7, 11) is 0. The third-order valence-corrected chi connectivity index (χ3v) is 11.9. The third kappa shape index (κ3) is 5.70. The molecular formula is C54H43N5O. The zero-order chi connectivity index (χ0) is 40.7. The highest BCUT2D eigenvalue weighted by Crippen LogP contribution is 2.40. The van der Waals surface area contributed by atoms with Crippen molar-refractivity contribution in [2.24, 2.45) is 0 Å². The topological polar surface area (TPSA) is 49.8 Å². The number of hydrogen-bond acceptors (Lipinski definition) is 3. The van der Waals surface area contributed by atoms with Crippen molar-refractivity contribution in [2.75, 3.05) is 0 Å². The predicted octanol–water partition coefficient (Wildman–Crippen LogP) is 14.0. The van der Waals surface area contributed by atoms with E-state index in [9.17, 15) is 0 Å². The lowest BCUT2D eigenvalue weighted by molar-refractivity contribution is 0.479. The zero-order valence-corrected chi connectivity index (χ0v) is 34.3. The van der Waals surface area contributed by atoms with Crippen LogP contribution in [0, 0.1) is 13.8 Å². The average Bonchev–Trinajstić information content (AvgIpc) is 3.93. The fourth-order valence-electron chi connectivity index (χ4n) is 9.06. The molecule has 0 saturated heterocycles. The summed E-state index contributed by atoms with van der Waals surface area (Å²) < 4.78 is 13.8. The zero-order valence-electron chi connectivity index (χ0n) is 34.3. The van der Waals surface area contributed by atoms with Crippen molar-refractivity contribution < 1.29 is 4.74 Å². The van der Waals surface area contributed by atoms with Crippen molar-refractivity contribution in [3.05, 3.63) is 187 Å². The van der Waals surface area contributed by atoms with Gasteiger partial charge >= 0.3 is 0 Å². The summed E-state index contributed by atoms with van der Waals surface area (Å²) in [5.74, 6) is 3.20. The Bertz CT molecular complexity index is 3410. The molecule has 0 radical (unpaired) electrons. The van der Waals surface area contributed by atoms with Gasteiger partial charge in [0, 0.05) is 51.1 Å². The first-order valence-electron chi connectivity index (χ1n) is 20.6. The first kappa shape index (κ1) is 35.7. The van der Waals surface area contributed by atoms with Crippen LogP contribution in [0.1, 0.15) is 37.5 Å². The standard InChI is InChI=1S/C54H43N5O/c1-34-15-13-20-44-45-21-14-16-35(2)52(45)58(51(34)44)39-27-28-55-50(32-39)59-47-23-11-9-19-42(47)43-26-25-40(33-49(43)59)60-41-30-36(29-37(31-41)54(3,4)5)53-56-46-22-10-12-24-48(46)57(53)38-17-7-6-8-18-38/h6-33H,1-5H3. The number of ether oxygens (including phenoxy) is 1. The van der Waals surface area contributed by atoms with E-state index in [0.29, 0.717) is 0 Å². The second kappa shape index (κ2) is 13.6. The van der Waals surface area contributed by atoms with E-state index in [0.717, 1.165) is 78.5 Å². The van der Waals surface area contributed by atoms with Crippen LogP contribution in [-0.4, -0.2) is 23.7 Å². The molecule has 0 amide bonds. The van der Waals surface area contributed by atoms with Crippen LogP contribution in [-0.2, 0) is 5.41 Å². The summed E-state index contributed by atoms with van der Waals surface area (Å²) in [5, 5.41) is 4.80. The van der Waals surface area contributed by atoms with Crippen molar-refractivity contribution in [1.82, 2.24) is 23.7 Å². The monoisotopic (exact) mass is 777 g/mol. The van der Waals surface area contributed by atoms with Crippen molar-refractivity contribution in [1.29, 1.82) is 0 Å². The molecule has 0 bridgehead atoms. The van der Waals surface area contributed by atoms with Crippen molar-refractivity contribution in [3.63, 3.8) is 0 Å². The highest BCUT2D eigenvalue weighted by molar-refractivity contribution is 6.12. The summed E-state index contributed by atoms with van der Waals surface area (Å²) in [6, 6.07) is 57.8. The smallest absolute Gasteiger partial charge is 0.145 e. The molecule has 60 heavy (non-hydrogen) atoms. The van der Waals surface area contributed by atoms with Gasteiger partial charge in [0.1, 0.15) is 23.1 Å². The van der Waals surface area contributed by atoms with E-state index in [2.05, 4.69) is 200 Å². The van der Waals surface area contributed by atoms with Gasteiger partial charge in [-0.1, -0.05) is 106 Å². The summed E-state index contributed by atoms with van der Waals surface area (Å²) in [6.07, 6.45) is 1.93. The molecule has 4 heterocycles. The van der Waals surface area contributed by atoms with E-state index in [4.69, 9.17) is 14.7 Å². The second-order valence-electron chi connectivity index (χ2n) is 16.9. The summed E-state index contributed by atoms with van der Waals surface area (Å²) in [4.78, 5) is 10.2. The molecule has 290 valence electrons. The van der Waals surface area contributed by atoms with Crippen LogP contribution in [0.25, 0.3) is 83.2 Å². The fraction of sp³-hybridized carbons (Fsp3) is 0.111. The third-order valence-electron chi connectivity index (χ3n) is 11.9. The SMILES string of the molecule is Cc1cccc2c3cccc(C)c3n(-c3ccnc(-n4c5ccccc5c5ccc(Oc6cc(-c7nc8ccccc8n7-c7ccccc7)cc(C(C)(C)C)c6)cc54)c3)c12. The van der Waals surface area contributed by atoms with Crippen LogP contribution in [0.4, 0.5) is 0 Å². The molecule has 0 atom stereocenters. The molecule has 6 nitrogen and oxygen atoms in total. The van der Waals surface area contributed by atoms with Crippen molar-refractivity contribution in [3.8, 4) is 40.1 Å². The minimum atomic E-state index is -0.141. The Kier molecular flexibility index (Phi) is 8.07. The number of aromatic nitrogens is 5. The minimum Gasteiger partial charge on any atom is -0.457 e. The largest absolute Gasteiger partial charge is 0.457 e. The van der Waals surface area contributed by atoms with Gasteiger partial charge in [-0.2, -0.15) is 0 Å². The van der Waals surface area contributed by atoms with Crippen LogP contribution in [0.5, 0.6) is 11.5 Å². The van der Waals surface area contributed by atoms with Crippen LogP contribution in [0.15, 0.2) is 170 Å². The van der Waals surface area contributed by atoms with Crippen molar-refractivity contribution in [2.45, 2.75) is 40.0 Å². The molecule has 11 aromatic rings. The molecule has 7 aromatic carbocycles. The number of para-hydroxylation sites is 6. The van der Waals surface area contributed by atoms with E-state index in [1.807, 2.05) is 18.3 Å². The Morgan fingerprint density at radius 1 is 0.483 bits per heavy atom. The number of nitrogens with zero attached hydrogens (tertiary/aromatic N) is 5. The van der Waals surface area contributed by atoms with Gasteiger partial charge in [-0.15, -0.1) is 0 Å². The van der Waals surface area contributed by atoms with Gasteiger partial charge in [-0.3, -0.25) is 9.13 Å². The normalized spacial score (nSPS) is 12.1. The second-order valence-corrected chi connectivity index (χ2v) is 16.9. The van der Waals surface area contributed by atoms with E-state index in [1.54, 1.807) is 0 Å². The molecule has 0 fully saturated rings. The van der Waals surface area contributed by atoms with Gasteiger partial charge in [0.2, 0.25) is 0 Å². The molecule has 0 aliphatic rings. The van der Waals surface area contributed by atoms with Crippen LogP contribution in [0.3, 0.4) is 0 Å². The lowest BCUT2D eigenvalue weighted by Gasteiger charge is -2.22. The van der Waals surface area contributed by atoms with Gasteiger partial charge in [0.05, 0.1) is 38.8 Å². The quantitative estimate of drug-likeness (QED) is 0.169. The number of fused-ring (bicyclic) bond motifs is 7. The summed E-state index contributed by atoms with van der Waals surface area (Å²) in [5.41, 5.74) is 13.1. The molecule has 0 aliphatic carbocycles. The Morgan fingerprint density at radius 2 is 1.15 bits per heavy atom. The number of benzene rings is 7. The number of aryl methyl sites for hydroxylation is 2. The average molecular weight is 778 g/mol. The van der Waals surface area contributed by atoms with Crippen LogP contribution in [0.2, 0.25) is 0 Å². The number of pyridine rings is 1. The maximum absolute atomic E-state index is 6.92. The molecule has 0 aliphatic heterocycles. The van der Waals surface area contributed by atoms with Crippen molar-refractivity contribution >= 4 is 54.6 Å². The Morgan fingerprint density at radius 3 is 1.90 bits per heavy atom. The number of rotatable bonds is 6. The molecule has 0 unspecified atom stereocenters. The Labute approximate surface area is 348 Å². The molecule has 4 aromatic heterocycles. The lowest BCUT2D eigenvalue weighted by Crippen LogP contribution is -2.11.